The van der Waals surface area contributed by atoms with Crippen molar-refractivity contribution < 1.29 is 9.21 Å². The van der Waals surface area contributed by atoms with Crippen molar-refractivity contribution >= 4 is 23.2 Å². The number of nitrogen functional groups attached to an aromatic ring is 1. The molecule has 2 rings (SSSR count). The zero-order valence-electron chi connectivity index (χ0n) is 10.8. The van der Waals surface area contributed by atoms with Gasteiger partial charge in [-0.25, -0.2) is 0 Å². The summed E-state index contributed by atoms with van der Waals surface area (Å²) in [6.45, 7) is 2.26. The van der Waals surface area contributed by atoms with Gasteiger partial charge < -0.3 is 15.1 Å². The lowest BCUT2D eigenvalue weighted by molar-refractivity contribution is 0.0776. The summed E-state index contributed by atoms with van der Waals surface area (Å²) in [6.07, 6.45) is 0. The molecule has 100 valence electrons. The van der Waals surface area contributed by atoms with Crippen LogP contribution in [0.1, 0.15) is 21.9 Å². The molecule has 1 heterocycles. The van der Waals surface area contributed by atoms with Gasteiger partial charge in [0, 0.05) is 17.8 Å². The number of amides is 1. The number of furan rings is 1. The van der Waals surface area contributed by atoms with Crippen molar-refractivity contribution in [3.8, 4) is 0 Å². The molecule has 1 aromatic heterocycles. The molecule has 0 fully saturated rings. The van der Waals surface area contributed by atoms with Crippen LogP contribution < -0.4 is 5.73 Å². The summed E-state index contributed by atoms with van der Waals surface area (Å²) < 4.78 is 5.44. The van der Waals surface area contributed by atoms with E-state index in [9.17, 15) is 4.79 Å². The molecule has 0 aliphatic heterocycles. The first-order chi connectivity index (χ1) is 8.97. The third-order valence-electron chi connectivity index (χ3n) is 2.78. The van der Waals surface area contributed by atoms with Crippen LogP contribution in [-0.4, -0.2) is 17.9 Å². The van der Waals surface area contributed by atoms with E-state index in [0.29, 0.717) is 22.8 Å². The summed E-state index contributed by atoms with van der Waals surface area (Å²) in [5, 5.41) is 0.512. The molecule has 0 radical (unpaired) electrons. The molecule has 2 aromatic rings. The molecule has 2 N–H and O–H groups in total. The minimum absolute atomic E-state index is 0.164. The lowest BCUT2D eigenvalue weighted by atomic mass is 10.1. The highest BCUT2D eigenvalue weighted by molar-refractivity contribution is 6.31. The Hall–Kier alpha value is -1.94. The minimum atomic E-state index is -0.164. The van der Waals surface area contributed by atoms with Gasteiger partial charge in [-0.1, -0.05) is 11.6 Å². The van der Waals surface area contributed by atoms with Crippen molar-refractivity contribution in [1.29, 1.82) is 0 Å². The van der Waals surface area contributed by atoms with Crippen LogP contribution in [0.2, 0.25) is 5.02 Å². The summed E-state index contributed by atoms with van der Waals surface area (Å²) in [7, 11) is 1.70. The maximum atomic E-state index is 12.2. The Labute approximate surface area is 116 Å². The molecular formula is C14H15ClN2O2. The van der Waals surface area contributed by atoms with E-state index in [2.05, 4.69) is 0 Å². The number of hydrogen-bond acceptors (Lipinski definition) is 3. The first kappa shape index (κ1) is 13.5. The lowest BCUT2D eigenvalue weighted by Crippen LogP contribution is -2.26. The van der Waals surface area contributed by atoms with Crippen LogP contribution in [-0.2, 0) is 6.54 Å². The maximum absolute atomic E-state index is 12.2. The molecule has 0 saturated carbocycles. The number of nitrogens with zero attached hydrogens (tertiary/aromatic N) is 1. The highest BCUT2D eigenvalue weighted by Crippen LogP contribution is 2.20. The second kappa shape index (κ2) is 5.36. The lowest BCUT2D eigenvalue weighted by Gasteiger charge is -2.17. The van der Waals surface area contributed by atoms with Crippen molar-refractivity contribution in [2.45, 2.75) is 13.5 Å². The fourth-order valence-electron chi connectivity index (χ4n) is 1.81. The molecule has 5 heteroatoms. The highest BCUT2D eigenvalue weighted by atomic mass is 35.5. The van der Waals surface area contributed by atoms with Crippen molar-refractivity contribution in [1.82, 2.24) is 4.90 Å². The Bertz CT molecular complexity index is 607. The van der Waals surface area contributed by atoms with E-state index in [1.807, 2.05) is 19.1 Å². The second-order valence-corrected chi connectivity index (χ2v) is 4.84. The summed E-state index contributed by atoms with van der Waals surface area (Å²) >= 11 is 5.81. The number of aryl methyl sites for hydroxylation is 1. The number of halogens is 1. The molecular weight excluding hydrogens is 264 g/mol. The molecule has 0 spiro atoms. The number of carbonyl (C=O) groups excluding carboxylic acids is 1. The van der Waals surface area contributed by atoms with E-state index < -0.39 is 0 Å². The smallest absolute Gasteiger partial charge is 0.256 e. The van der Waals surface area contributed by atoms with E-state index in [1.54, 1.807) is 30.1 Å². The van der Waals surface area contributed by atoms with Crippen molar-refractivity contribution in [2.24, 2.45) is 0 Å². The average Bonchev–Trinajstić information content (AvgIpc) is 2.74. The predicted molar refractivity (Wildman–Crippen MR) is 75.1 cm³/mol. The summed E-state index contributed by atoms with van der Waals surface area (Å²) in [5.41, 5.74) is 6.62. The van der Waals surface area contributed by atoms with Gasteiger partial charge in [0.2, 0.25) is 0 Å². The minimum Gasteiger partial charge on any atom is -0.464 e. The molecule has 0 aliphatic carbocycles. The maximum Gasteiger partial charge on any atom is 0.256 e. The number of benzene rings is 1. The summed E-state index contributed by atoms with van der Waals surface area (Å²) in [4.78, 5) is 13.8. The highest BCUT2D eigenvalue weighted by Gasteiger charge is 2.16. The second-order valence-electron chi connectivity index (χ2n) is 4.41. The predicted octanol–water partition coefficient (Wildman–Crippen LogP) is 3.10. The van der Waals surface area contributed by atoms with Gasteiger partial charge in [-0.15, -0.1) is 0 Å². The van der Waals surface area contributed by atoms with Gasteiger partial charge in [-0.3, -0.25) is 4.79 Å². The largest absolute Gasteiger partial charge is 0.464 e. The molecule has 0 atom stereocenters. The van der Waals surface area contributed by atoms with Gasteiger partial charge in [-0.05, 0) is 37.3 Å². The Kier molecular flexibility index (Phi) is 3.81. The SMILES string of the molecule is Cc1ccc(CN(C)C(=O)c2ccc(Cl)cc2N)o1. The third-order valence-corrected chi connectivity index (χ3v) is 3.01. The topological polar surface area (TPSA) is 59.5 Å². The van der Waals surface area contributed by atoms with Crippen molar-refractivity contribution in [3.63, 3.8) is 0 Å². The van der Waals surface area contributed by atoms with Crippen LogP contribution in [0, 0.1) is 6.92 Å². The van der Waals surface area contributed by atoms with E-state index >= 15 is 0 Å². The molecule has 1 amide bonds. The molecule has 1 aromatic carbocycles. The third kappa shape index (κ3) is 3.09. The number of hydrogen-bond donors (Lipinski definition) is 1. The summed E-state index contributed by atoms with van der Waals surface area (Å²) in [5.74, 6) is 1.39. The molecule has 0 bridgehead atoms. The van der Waals surface area contributed by atoms with Crippen LogP contribution in [0.5, 0.6) is 0 Å². The fraction of sp³-hybridized carbons (Fsp3) is 0.214. The first-order valence-electron chi connectivity index (χ1n) is 5.83. The zero-order chi connectivity index (χ0) is 14.0. The Morgan fingerprint density at radius 3 is 2.68 bits per heavy atom. The molecule has 0 aliphatic rings. The number of nitrogens with two attached hydrogens (primary N) is 1. The van der Waals surface area contributed by atoms with Crippen LogP contribution in [0.25, 0.3) is 0 Å². The Morgan fingerprint density at radius 2 is 2.11 bits per heavy atom. The fourth-order valence-corrected chi connectivity index (χ4v) is 1.99. The van der Waals surface area contributed by atoms with Gasteiger partial charge in [0.05, 0.1) is 12.1 Å². The van der Waals surface area contributed by atoms with Crippen molar-refractivity contribution in [2.75, 3.05) is 12.8 Å². The molecule has 0 saturated heterocycles. The van der Waals surface area contributed by atoms with Gasteiger partial charge in [0.25, 0.3) is 5.91 Å². The normalized spacial score (nSPS) is 10.5. The van der Waals surface area contributed by atoms with Crippen LogP contribution in [0.15, 0.2) is 34.7 Å². The van der Waals surface area contributed by atoms with E-state index in [4.69, 9.17) is 21.8 Å². The van der Waals surface area contributed by atoms with Gasteiger partial charge in [-0.2, -0.15) is 0 Å². The molecule has 4 nitrogen and oxygen atoms in total. The van der Waals surface area contributed by atoms with E-state index in [-0.39, 0.29) is 5.91 Å². The number of carbonyl (C=O) groups is 1. The Morgan fingerprint density at radius 1 is 1.37 bits per heavy atom. The quantitative estimate of drug-likeness (QED) is 0.878. The standard InChI is InChI=1S/C14H15ClN2O2/c1-9-3-5-11(19-9)8-17(2)14(18)12-6-4-10(15)7-13(12)16/h3-7H,8,16H2,1-2H3. The first-order valence-corrected chi connectivity index (χ1v) is 6.21. The average molecular weight is 279 g/mol. The van der Waals surface area contributed by atoms with Crippen LogP contribution in [0.3, 0.4) is 0 Å². The molecule has 0 unspecified atom stereocenters. The number of rotatable bonds is 3. The van der Waals surface area contributed by atoms with Gasteiger partial charge >= 0.3 is 0 Å². The zero-order valence-corrected chi connectivity index (χ0v) is 11.6. The summed E-state index contributed by atoms with van der Waals surface area (Å²) in [6, 6.07) is 8.56. The van der Waals surface area contributed by atoms with Crippen LogP contribution >= 0.6 is 11.6 Å². The van der Waals surface area contributed by atoms with Gasteiger partial charge in [0.15, 0.2) is 0 Å². The van der Waals surface area contributed by atoms with Crippen LogP contribution in [0.4, 0.5) is 5.69 Å². The van der Waals surface area contributed by atoms with E-state index in [1.165, 1.54) is 0 Å². The number of anilines is 1. The Balaban J connectivity index is 2.14. The van der Waals surface area contributed by atoms with E-state index in [0.717, 1.165) is 11.5 Å². The molecule has 19 heavy (non-hydrogen) atoms. The van der Waals surface area contributed by atoms with Crippen molar-refractivity contribution in [3.05, 3.63) is 52.4 Å². The monoisotopic (exact) mass is 278 g/mol. The van der Waals surface area contributed by atoms with Gasteiger partial charge in [0.1, 0.15) is 11.5 Å².